The number of nitrogens with zero attached hydrogens (tertiary/aromatic N) is 9. The first-order valence-corrected chi connectivity index (χ1v) is 40.8. The third-order valence-electron chi connectivity index (χ3n) is 19.8. The van der Waals surface area contributed by atoms with Gasteiger partial charge in [-0.05, 0) is 190 Å². The van der Waals surface area contributed by atoms with Crippen LogP contribution in [0.15, 0.2) is 335 Å². The summed E-state index contributed by atoms with van der Waals surface area (Å²) in [7, 11) is 1.79. The number of fused-ring (bicyclic) bond motifs is 16. The Labute approximate surface area is 706 Å². The smallest absolute Gasteiger partial charge is 0.229 e. The molecule has 0 fully saturated rings. The number of para-hydroxylation sites is 10. The molecule has 604 valence electrons. The SMILES string of the molecule is CC(=O)Cc1cc2nc3ccccc3oc-2cc1=O.CCN=c1ccc2nc3ccc(CN)cc3sc-2c1.CCn1c2cc(=O)ccc-2nc2ccccc21.CN=c1ccc2nc3ccc(N)cc3sc-2c1.Cc1cc2nc3ccccc3oc-2cc1=O.O=c1cc2[nH]c3ccccc3oc-2cc1=O.O=c1cc2oc3ccccc3nc-2c2ccccc12. The number of aryl methyl sites for hydroxylation is 2. The first kappa shape index (κ1) is 81.2. The molecule has 0 atom stereocenters. The molecule has 7 aliphatic carbocycles. The van der Waals surface area contributed by atoms with E-state index in [1.165, 1.54) is 42.0 Å². The second-order valence-corrected chi connectivity index (χ2v) is 30.5. The van der Waals surface area contributed by atoms with Crippen LogP contribution in [0.2, 0.25) is 0 Å². The van der Waals surface area contributed by atoms with Crippen molar-refractivity contribution < 1.29 is 22.5 Å². The second-order valence-electron chi connectivity index (χ2n) is 28.4. The highest BCUT2D eigenvalue weighted by molar-refractivity contribution is 7.21. The lowest BCUT2D eigenvalue weighted by atomic mass is 10.1. The number of carbonyl (C=O) groups excluding carboxylic acids is 1. The number of aromatic amines is 1. The predicted molar refractivity (Wildman–Crippen MR) is 488 cm³/mol. The van der Waals surface area contributed by atoms with Crippen LogP contribution < -0.4 is 54.8 Å². The quantitative estimate of drug-likeness (QED) is 0.0623. The fourth-order valence-electron chi connectivity index (χ4n) is 13.8. The number of nitrogens with two attached hydrogens (primary N) is 2. The minimum Gasteiger partial charge on any atom is -0.453 e. The summed E-state index contributed by atoms with van der Waals surface area (Å²) in [5.41, 5.74) is 29.4. The predicted octanol–water partition coefficient (Wildman–Crippen LogP) is 17.9. The lowest BCUT2D eigenvalue weighted by molar-refractivity contribution is -0.116. The van der Waals surface area contributed by atoms with Crippen LogP contribution in [0, 0.1) is 6.92 Å². The minimum absolute atomic E-state index is 0.0201. The van der Waals surface area contributed by atoms with Gasteiger partial charge in [0.25, 0.3) is 0 Å². The molecule has 23 nitrogen and oxygen atoms in total. The van der Waals surface area contributed by atoms with Crippen molar-refractivity contribution in [3.05, 3.63) is 368 Å². The van der Waals surface area contributed by atoms with Gasteiger partial charge in [0.05, 0.1) is 85.9 Å². The van der Waals surface area contributed by atoms with E-state index in [0.717, 1.165) is 133 Å². The number of nitrogens with one attached hydrogen (secondary N) is 1. The molecule has 7 heterocycles. The van der Waals surface area contributed by atoms with Crippen LogP contribution in [0.25, 0.3) is 165 Å². The number of Topliss-reactive ketones (excluding diaryl/α,β-unsaturated/α-hetero) is 1. The third-order valence-corrected chi connectivity index (χ3v) is 22.0. The monoisotopic (exact) mass is 1660 g/mol. The van der Waals surface area contributed by atoms with Gasteiger partial charge in [-0.2, -0.15) is 0 Å². The van der Waals surface area contributed by atoms with Crippen molar-refractivity contribution in [2.75, 3.05) is 19.3 Å². The van der Waals surface area contributed by atoms with E-state index < -0.39 is 10.9 Å². The van der Waals surface area contributed by atoms with Gasteiger partial charge in [0, 0.05) is 91.5 Å². The Morgan fingerprint density at radius 2 is 0.967 bits per heavy atom. The third kappa shape index (κ3) is 18.2. The molecule has 0 spiro atoms. The minimum atomic E-state index is -0.556. The zero-order valence-corrected chi connectivity index (χ0v) is 68.5. The largest absolute Gasteiger partial charge is 0.453 e. The van der Waals surface area contributed by atoms with Crippen molar-refractivity contribution in [2.45, 2.75) is 47.2 Å². The van der Waals surface area contributed by atoms with Crippen LogP contribution in [0.1, 0.15) is 37.5 Å². The Morgan fingerprint density at radius 3 is 1.63 bits per heavy atom. The highest BCUT2D eigenvalue weighted by Crippen LogP contribution is 2.35. The van der Waals surface area contributed by atoms with Crippen LogP contribution in [0.5, 0.6) is 0 Å². The van der Waals surface area contributed by atoms with E-state index in [1.54, 1.807) is 79.1 Å². The summed E-state index contributed by atoms with van der Waals surface area (Å²) in [6.07, 6.45) is 0.128. The summed E-state index contributed by atoms with van der Waals surface area (Å²) in [6.45, 7) is 9.53. The molecule has 5 N–H and O–H groups in total. The summed E-state index contributed by atoms with van der Waals surface area (Å²) in [5, 5.41) is 3.49. The maximum absolute atomic E-state index is 12.0. The van der Waals surface area contributed by atoms with Gasteiger partial charge in [-0.1, -0.05) is 91.0 Å². The summed E-state index contributed by atoms with van der Waals surface area (Å²) in [6, 6.07) is 84.7. The van der Waals surface area contributed by atoms with E-state index in [4.69, 9.17) is 29.1 Å². The Morgan fingerprint density at radius 1 is 0.447 bits per heavy atom. The van der Waals surface area contributed by atoms with Gasteiger partial charge in [0.1, 0.15) is 39.4 Å². The van der Waals surface area contributed by atoms with E-state index >= 15 is 0 Å². The van der Waals surface area contributed by atoms with Crippen LogP contribution in [0.3, 0.4) is 0 Å². The van der Waals surface area contributed by atoms with Crippen LogP contribution in [-0.2, 0) is 24.3 Å². The van der Waals surface area contributed by atoms with E-state index in [2.05, 4.69) is 74.6 Å². The number of nitrogen functional groups attached to an aromatic ring is 1. The molecule has 0 radical (unpaired) electrons. The van der Waals surface area contributed by atoms with E-state index in [0.29, 0.717) is 79.8 Å². The average Bonchev–Trinajstić information content (AvgIpc) is 0.763. The molecule has 22 rings (SSSR count). The first-order valence-electron chi connectivity index (χ1n) is 39.2. The van der Waals surface area contributed by atoms with Crippen LogP contribution in [0.4, 0.5) is 5.69 Å². The van der Waals surface area contributed by atoms with E-state index in [-0.39, 0.29) is 33.9 Å². The number of aromatic nitrogens is 8. The van der Waals surface area contributed by atoms with Crippen LogP contribution >= 0.6 is 22.7 Å². The Kier molecular flexibility index (Phi) is 23.7. The molecule has 0 saturated heterocycles. The number of rotatable bonds is 5. The molecule has 123 heavy (non-hydrogen) atoms. The molecule has 14 aliphatic rings. The maximum atomic E-state index is 12.0. The van der Waals surface area contributed by atoms with Crippen molar-refractivity contribution in [3.8, 4) is 78.3 Å². The van der Waals surface area contributed by atoms with Gasteiger partial charge in [-0.25, -0.2) is 29.9 Å². The summed E-state index contributed by atoms with van der Waals surface area (Å²) in [4.78, 5) is 122. The van der Waals surface area contributed by atoms with Crippen molar-refractivity contribution in [3.63, 3.8) is 0 Å². The molecule has 0 amide bonds. The Bertz CT molecular complexity index is 7980. The van der Waals surface area contributed by atoms with Gasteiger partial charge in [-0.15, -0.1) is 22.7 Å². The van der Waals surface area contributed by atoms with E-state index in [9.17, 15) is 33.6 Å². The highest BCUT2D eigenvalue weighted by atomic mass is 32.1. The standard InChI is InChI=1S/C16H9NO2.C15H15N3S.C15H11NO3.C14H12N2O.C13H11N3S.C13H9NO2.C12H7NO3/c18-13-9-15-16(11-6-2-1-5-10(11)13)17-12-7-3-4-8-14(12)19-15;1-2-17-11-4-6-13-15(8-11)19-14-7-10(9-16)3-5-12(14)18-13;1-9(17)6-10-7-12-15(8-13(10)18)19-14-5-3-2-4-11(14)16-12;1-2-16-13-6-4-3-5-11(13)15-12-8-7-10(17)9-14(12)16;1-15-9-3-5-11-13(7-9)17-12-6-8(14)2-4-10(12)16-11;1-8-6-10-13(7-11(8)15)16-12-5-3-2-4-9(12)14-10;14-9-5-8-12(6-10(9)15)16-11-4-2-1-3-7(11)13-8/h1-9H;3-8H,2,9,16H2,1H3;2-5,7-8H,6H2,1H3;3-9H,2H2,1H3;2-7H,14H2,1H3;2-7H,1H3;1-6,13H. The van der Waals surface area contributed by atoms with Gasteiger partial charge in [0.2, 0.25) is 10.9 Å². The number of benzene rings is 15. The molecular formula is C98H74N12O11S2. The molecule has 0 unspecified atom stereocenters. The van der Waals surface area contributed by atoms with Crippen molar-refractivity contribution in [2.24, 2.45) is 15.7 Å². The lowest BCUT2D eigenvalue weighted by Gasteiger charge is -2.16. The van der Waals surface area contributed by atoms with Gasteiger partial charge >= 0.3 is 0 Å². The van der Waals surface area contributed by atoms with Crippen molar-refractivity contribution in [1.29, 1.82) is 0 Å². The fraction of sp³-hybridized carbons (Fsp3) is 0.0918. The number of carbonyl (C=O) groups is 1. The fourth-order valence-corrected chi connectivity index (χ4v) is 15.9. The van der Waals surface area contributed by atoms with Gasteiger partial charge in [0.15, 0.2) is 67.1 Å². The molecule has 0 bridgehead atoms. The number of hydrogen-bond donors (Lipinski definition) is 3. The number of anilines is 1. The average molecular weight is 1660 g/mol. The van der Waals surface area contributed by atoms with Crippen LogP contribution in [-0.4, -0.2) is 58.8 Å². The van der Waals surface area contributed by atoms with Crippen molar-refractivity contribution in [1.82, 2.24) is 39.5 Å². The van der Waals surface area contributed by atoms with Crippen molar-refractivity contribution >= 4 is 121 Å². The number of hydrogen-bond acceptors (Lipinski definition) is 23. The number of H-pyrrole nitrogens is 1. The molecular weight excluding hydrogens is 1590 g/mol. The first-order chi connectivity index (χ1) is 59.8. The zero-order valence-electron chi connectivity index (χ0n) is 66.9. The Hall–Kier alpha value is -15.6. The summed E-state index contributed by atoms with van der Waals surface area (Å²) < 4.78 is 26.9. The molecule has 25 heteroatoms. The van der Waals surface area contributed by atoms with Gasteiger partial charge < -0.3 is 38.7 Å². The normalized spacial score (nSPS) is 11.5. The molecule has 0 saturated carbocycles. The topological polar surface area (TPSA) is 347 Å². The Balaban J connectivity index is 0.000000106. The summed E-state index contributed by atoms with van der Waals surface area (Å²) >= 11 is 3.44. The highest BCUT2D eigenvalue weighted by Gasteiger charge is 2.19. The lowest BCUT2D eigenvalue weighted by Crippen LogP contribution is -2.22. The van der Waals surface area contributed by atoms with E-state index in [1.807, 2.05) is 195 Å². The molecule has 0 aromatic heterocycles. The number of ketones is 1. The molecule has 8 aromatic rings. The maximum Gasteiger partial charge on any atom is 0.229 e. The van der Waals surface area contributed by atoms with Gasteiger partial charge in [-0.3, -0.25) is 43.5 Å². The summed E-state index contributed by atoms with van der Waals surface area (Å²) in [5.74, 6) is 1.85. The zero-order chi connectivity index (χ0) is 85.4. The molecule has 7 aliphatic heterocycles. The second kappa shape index (κ2) is 35.9. The molecule has 8 aromatic carbocycles.